The van der Waals surface area contributed by atoms with Crippen LogP contribution in [0.3, 0.4) is 0 Å². The average Bonchev–Trinajstić information content (AvgIpc) is 2.12. The molecule has 0 spiro atoms. The zero-order chi connectivity index (χ0) is 9.97. The Morgan fingerprint density at radius 1 is 1.21 bits per heavy atom. The van der Waals surface area contributed by atoms with E-state index < -0.39 is 6.09 Å². The van der Waals surface area contributed by atoms with Gasteiger partial charge in [-0.25, -0.2) is 4.79 Å². The Bertz CT molecular complexity index is 208. The average molecular weight is 198 g/mol. The highest BCUT2D eigenvalue weighted by Gasteiger charge is 2.31. The van der Waals surface area contributed by atoms with Crippen molar-refractivity contribution >= 4 is 6.09 Å². The molecule has 4 nitrogen and oxygen atoms in total. The Balaban J connectivity index is 1.65. The highest BCUT2D eigenvalue weighted by atomic mass is 16.4. The first-order valence-electron chi connectivity index (χ1n) is 5.46. The second-order valence-corrected chi connectivity index (χ2v) is 4.41. The summed E-state index contributed by atoms with van der Waals surface area (Å²) in [6.45, 7) is 5.01. The molecule has 0 bridgehead atoms. The van der Waals surface area contributed by atoms with Crippen molar-refractivity contribution in [2.24, 2.45) is 5.92 Å². The molecule has 2 fully saturated rings. The second-order valence-electron chi connectivity index (χ2n) is 4.41. The van der Waals surface area contributed by atoms with E-state index in [1.54, 1.807) is 0 Å². The maximum absolute atomic E-state index is 10.5. The SMILES string of the molecule is O=C(O)N1CC(CN2CCCCC2)C1. The number of piperidine rings is 1. The molecule has 2 saturated heterocycles. The molecule has 14 heavy (non-hydrogen) atoms. The van der Waals surface area contributed by atoms with Crippen LogP contribution in [0.4, 0.5) is 4.79 Å². The summed E-state index contributed by atoms with van der Waals surface area (Å²) >= 11 is 0. The summed E-state index contributed by atoms with van der Waals surface area (Å²) in [7, 11) is 0. The van der Waals surface area contributed by atoms with Crippen molar-refractivity contribution in [3.05, 3.63) is 0 Å². The number of rotatable bonds is 2. The summed E-state index contributed by atoms with van der Waals surface area (Å²) in [5, 5.41) is 8.67. The van der Waals surface area contributed by atoms with Crippen LogP contribution in [0.1, 0.15) is 19.3 Å². The number of likely N-dealkylation sites (tertiary alicyclic amines) is 2. The Hall–Kier alpha value is -0.770. The minimum atomic E-state index is -0.764. The van der Waals surface area contributed by atoms with Gasteiger partial charge in [-0.1, -0.05) is 6.42 Å². The lowest BCUT2D eigenvalue weighted by Gasteiger charge is -2.40. The van der Waals surface area contributed by atoms with Gasteiger partial charge in [0.1, 0.15) is 0 Å². The van der Waals surface area contributed by atoms with Gasteiger partial charge in [0.2, 0.25) is 0 Å². The lowest BCUT2D eigenvalue weighted by atomic mass is 9.99. The summed E-state index contributed by atoms with van der Waals surface area (Å²) in [5.74, 6) is 0.587. The Morgan fingerprint density at radius 3 is 2.43 bits per heavy atom. The van der Waals surface area contributed by atoms with Gasteiger partial charge in [-0.15, -0.1) is 0 Å². The van der Waals surface area contributed by atoms with E-state index in [-0.39, 0.29) is 0 Å². The molecular formula is C10H18N2O2. The molecule has 0 saturated carbocycles. The molecule has 0 aromatic rings. The van der Waals surface area contributed by atoms with Crippen LogP contribution in [0.15, 0.2) is 0 Å². The standard InChI is InChI=1S/C10H18N2O2/c13-10(14)12-7-9(8-12)6-11-4-2-1-3-5-11/h9H,1-8H2,(H,13,14). The summed E-state index contributed by atoms with van der Waals surface area (Å²) in [5.41, 5.74) is 0. The van der Waals surface area contributed by atoms with Gasteiger partial charge < -0.3 is 14.9 Å². The smallest absolute Gasteiger partial charge is 0.407 e. The molecule has 2 aliphatic rings. The summed E-state index contributed by atoms with van der Waals surface area (Å²) < 4.78 is 0. The van der Waals surface area contributed by atoms with E-state index in [0.717, 1.165) is 19.6 Å². The molecule has 0 aromatic carbocycles. The number of hydrogen-bond donors (Lipinski definition) is 1. The van der Waals surface area contributed by atoms with Crippen LogP contribution in [0.25, 0.3) is 0 Å². The molecule has 0 aromatic heterocycles. The third-order valence-corrected chi connectivity index (χ3v) is 3.19. The van der Waals surface area contributed by atoms with E-state index in [1.165, 1.54) is 37.3 Å². The number of nitrogens with zero attached hydrogens (tertiary/aromatic N) is 2. The van der Waals surface area contributed by atoms with Crippen molar-refractivity contribution in [3.63, 3.8) is 0 Å². The first kappa shape index (κ1) is 9.77. The molecule has 0 aliphatic carbocycles. The number of carbonyl (C=O) groups is 1. The number of amides is 1. The van der Waals surface area contributed by atoms with Gasteiger partial charge in [-0.3, -0.25) is 0 Å². The highest BCUT2D eigenvalue weighted by molar-refractivity contribution is 5.66. The van der Waals surface area contributed by atoms with Crippen LogP contribution in [-0.2, 0) is 0 Å². The molecule has 0 unspecified atom stereocenters. The zero-order valence-corrected chi connectivity index (χ0v) is 8.48. The summed E-state index contributed by atoms with van der Waals surface area (Å²) in [6.07, 6.45) is 3.23. The van der Waals surface area contributed by atoms with E-state index >= 15 is 0 Å². The topological polar surface area (TPSA) is 43.8 Å². The first-order valence-corrected chi connectivity index (χ1v) is 5.46. The minimum Gasteiger partial charge on any atom is -0.465 e. The van der Waals surface area contributed by atoms with E-state index in [0.29, 0.717) is 5.92 Å². The molecule has 0 radical (unpaired) electrons. The summed E-state index contributed by atoms with van der Waals surface area (Å²) in [4.78, 5) is 14.5. The normalized spacial score (nSPS) is 24.7. The quantitative estimate of drug-likeness (QED) is 0.722. The molecule has 2 aliphatic heterocycles. The molecule has 4 heteroatoms. The minimum absolute atomic E-state index is 0.587. The molecular weight excluding hydrogens is 180 g/mol. The Morgan fingerprint density at radius 2 is 1.86 bits per heavy atom. The van der Waals surface area contributed by atoms with Gasteiger partial charge >= 0.3 is 6.09 Å². The molecule has 1 amide bonds. The third kappa shape index (κ3) is 2.18. The van der Waals surface area contributed by atoms with Crippen molar-refractivity contribution < 1.29 is 9.90 Å². The Labute approximate surface area is 84.5 Å². The second kappa shape index (κ2) is 4.17. The van der Waals surface area contributed by atoms with Crippen LogP contribution < -0.4 is 0 Å². The lowest BCUT2D eigenvalue weighted by Crippen LogP contribution is -2.53. The van der Waals surface area contributed by atoms with Crippen LogP contribution in [0, 0.1) is 5.92 Å². The number of carboxylic acid groups (broad SMARTS) is 1. The van der Waals surface area contributed by atoms with Gasteiger partial charge in [-0.05, 0) is 25.9 Å². The van der Waals surface area contributed by atoms with Gasteiger partial charge in [0.05, 0.1) is 0 Å². The maximum Gasteiger partial charge on any atom is 0.407 e. The summed E-state index contributed by atoms with van der Waals surface area (Å²) in [6, 6.07) is 0. The highest BCUT2D eigenvalue weighted by Crippen LogP contribution is 2.18. The first-order chi connectivity index (χ1) is 6.75. The molecule has 0 atom stereocenters. The predicted molar refractivity (Wildman–Crippen MR) is 53.4 cm³/mol. The van der Waals surface area contributed by atoms with Crippen molar-refractivity contribution in [2.75, 3.05) is 32.7 Å². The monoisotopic (exact) mass is 198 g/mol. The van der Waals surface area contributed by atoms with Crippen molar-refractivity contribution in [3.8, 4) is 0 Å². The van der Waals surface area contributed by atoms with Gasteiger partial charge in [0, 0.05) is 25.6 Å². The molecule has 80 valence electrons. The van der Waals surface area contributed by atoms with Gasteiger partial charge in [0.25, 0.3) is 0 Å². The fraction of sp³-hybridized carbons (Fsp3) is 0.900. The lowest BCUT2D eigenvalue weighted by molar-refractivity contribution is 0.0579. The fourth-order valence-corrected chi connectivity index (χ4v) is 2.35. The number of hydrogen-bond acceptors (Lipinski definition) is 2. The van der Waals surface area contributed by atoms with E-state index in [2.05, 4.69) is 4.90 Å². The van der Waals surface area contributed by atoms with Crippen LogP contribution in [-0.4, -0.2) is 53.7 Å². The fourth-order valence-electron chi connectivity index (χ4n) is 2.35. The molecule has 2 heterocycles. The maximum atomic E-state index is 10.5. The van der Waals surface area contributed by atoms with Crippen molar-refractivity contribution in [2.45, 2.75) is 19.3 Å². The van der Waals surface area contributed by atoms with Crippen molar-refractivity contribution in [1.82, 2.24) is 9.80 Å². The van der Waals surface area contributed by atoms with E-state index in [9.17, 15) is 4.79 Å². The van der Waals surface area contributed by atoms with Crippen molar-refractivity contribution in [1.29, 1.82) is 0 Å². The van der Waals surface area contributed by atoms with Gasteiger partial charge in [-0.2, -0.15) is 0 Å². The third-order valence-electron chi connectivity index (χ3n) is 3.19. The largest absolute Gasteiger partial charge is 0.465 e. The van der Waals surface area contributed by atoms with Crippen LogP contribution in [0.2, 0.25) is 0 Å². The van der Waals surface area contributed by atoms with Crippen LogP contribution >= 0.6 is 0 Å². The van der Waals surface area contributed by atoms with Gasteiger partial charge in [0.15, 0.2) is 0 Å². The van der Waals surface area contributed by atoms with E-state index in [1.807, 2.05) is 0 Å². The molecule has 2 rings (SSSR count). The van der Waals surface area contributed by atoms with E-state index in [4.69, 9.17) is 5.11 Å². The Kier molecular flexibility index (Phi) is 2.91. The van der Waals surface area contributed by atoms with Crippen LogP contribution in [0.5, 0.6) is 0 Å². The zero-order valence-electron chi connectivity index (χ0n) is 8.48. The predicted octanol–water partition coefficient (Wildman–Crippen LogP) is 1.08. The molecule has 1 N–H and O–H groups in total.